The van der Waals surface area contributed by atoms with Crippen LogP contribution >= 0.6 is 0 Å². The minimum atomic E-state index is 0.728. The zero-order valence-electron chi connectivity index (χ0n) is 16.5. The fourth-order valence-corrected chi connectivity index (χ4v) is 2.86. The normalized spacial score (nSPS) is 11.5. The Morgan fingerprint density at radius 1 is 0.962 bits per heavy atom. The summed E-state index contributed by atoms with van der Waals surface area (Å²) in [5.41, 5.74) is 3.68. The van der Waals surface area contributed by atoms with Gasteiger partial charge in [0.1, 0.15) is 5.75 Å². The number of nitrogens with zero attached hydrogens (tertiary/aromatic N) is 3. The highest BCUT2D eigenvalue weighted by Crippen LogP contribution is 2.18. The van der Waals surface area contributed by atoms with E-state index in [2.05, 4.69) is 64.5 Å². The molecular weight excluding hydrogens is 324 g/mol. The number of benzene rings is 2. The molecule has 5 heteroatoms. The molecule has 2 rings (SSSR count). The van der Waals surface area contributed by atoms with E-state index < -0.39 is 0 Å². The summed E-state index contributed by atoms with van der Waals surface area (Å²) in [6, 6.07) is 16.8. The van der Waals surface area contributed by atoms with Crippen LogP contribution in [0.25, 0.3) is 0 Å². The van der Waals surface area contributed by atoms with Crippen molar-refractivity contribution < 1.29 is 4.74 Å². The summed E-state index contributed by atoms with van der Waals surface area (Å²) in [4.78, 5) is 8.66. The molecule has 5 nitrogen and oxygen atoms in total. The molecule has 140 valence electrons. The summed E-state index contributed by atoms with van der Waals surface area (Å²) in [6.07, 6.45) is 0. The maximum absolute atomic E-state index is 5.44. The van der Waals surface area contributed by atoms with E-state index in [4.69, 9.17) is 4.74 Å². The molecule has 1 N–H and O–H groups in total. The highest BCUT2D eigenvalue weighted by atomic mass is 16.5. The number of hydrogen-bond acceptors (Lipinski definition) is 3. The largest absolute Gasteiger partial charge is 0.496 e. The van der Waals surface area contributed by atoms with Crippen molar-refractivity contribution in [2.24, 2.45) is 4.99 Å². The lowest BCUT2D eigenvalue weighted by Gasteiger charge is -2.23. The van der Waals surface area contributed by atoms with Gasteiger partial charge in [-0.15, -0.1) is 0 Å². The van der Waals surface area contributed by atoms with Gasteiger partial charge in [-0.25, -0.2) is 0 Å². The fraction of sp³-hybridized carbons (Fsp3) is 0.381. The first-order valence-electron chi connectivity index (χ1n) is 8.79. The van der Waals surface area contributed by atoms with E-state index in [0.717, 1.165) is 36.9 Å². The van der Waals surface area contributed by atoms with Crippen LogP contribution in [-0.2, 0) is 19.6 Å². The van der Waals surface area contributed by atoms with E-state index in [9.17, 15) is 0 Å². The lowest BCUT2D eigenvalue weighted by Crippen LogP contribution is -2.38. The van der Waals surface area contributed by atoms with Crippen molar-refractivity contribution in [1.29, 1.82) is 0 Å². The Kier molecular flexibility index (Phi) is 7.48. The molecule has 0 aromatic heterocycles. The number of hydrogen-bond donors (Lipinski definition) is 1. The maximum atomic E-state index is 5.44. The fourth-order valence-electron chi connectivity index (χ4n) is 2.86. The van der Waals surface area contributed by atoms with Gasteiger partial charge >= 0.3 is 0 Å². The van der Waals surface area contributed by atoms with E-state index in [1.54, 1.807) is 14.2 Å². The number of para-hydroxylation sites is 1. The van der Waals surface area contributed by atoms with Gasteiger partial charge in [0.05, 0.1) is 7.11 Å². The summed E-state index contributed by atoms with van der Waals surface area (Å²) in [6.45, 7) is 2.42. The van der Waals surface area contributed by atoms with Gasteiger partial charge in [-0.1, -0.05) is 42.5 Å². The first-order chi connectivity index (χ1) is 12.5. The van der Waals surface area contributed by atoms with Gasteiger partial charge in [-0.2, -0.15) is 0 Å². The molecule has 0 unspecified atom stereocenters. The van der Waals surface area contributed by atoms with Crippen molar-refractivity contribution in [2.45, 2.75) is 19.6 Å². The number of methoxy groups -OCH3 is 1. The summed E-state index contributed by atoms with van der Waals surface area (Å²) >= 11 is 0. The average molecular weight is 354 g/mol. The molecule has 0 aliphatic carbocycles. The van der Waals surface area contributed by atoms with Gasteiger partial charge in [-0.3, -0.25) is 4.99 Å². The lowest BCUT2D eigenvalue weighted by atomic mass is 10.1. The summed E-state index contributed by atoms with van der Waals surface area (Å²) in [5.74, 6) is 1.75. The number of aliphatic imine (C=N–C) groups is 1. The van der Waals surface area contributed by atoms with Crippen molar-refractivity contribution in [1.82, 2.24) is 15.1 Å². The molecule has 0 amide bonds. The van der Waals surface area contributed by atoms with Crippen LogP contribution in [0.5, 0.6) is 5.75 Å². The second kappa shape index (κ2) is 9.82. The Morgan fingerprint density at radius 2 is 1.62 bits per heavy atom. The summed E-state index contributed by atoms with van der Waals surface area (Å²) in [7, 11) is 9.70. The van der Waals surface area contributed by atoms with Crippen LogP contribution in [0.2, 0.25) is 0 Å². The Hall–Kier alpha value is -2.53. The molecule has 0 atom stereocenters. The molecule has 0 spiro atoms. The molecule has 0 saturated heterocycles. The standard InChI is InChI=1S/C21H30N4O/c1-22-21(25(4)16-19-8-6-7-9-20(19)26-5)23-14-17-10-12-18(13-11-17)15-24(2)3/h6-13H,14-16H2,1-5H3,(H,22,23). The molecule has 0 aliphatic heterocycles. The van der Waals surface area contributed by atoms with Crippen molar-refractivity contribution in [3.05, 3.63) is 65.2 Å². The van der Waals surface area contributed by atoms with Crippen molar-refractivity contribution in [3.63, 3.8) is 0 Å². The van der Waals surface area contributed by atoms with Crippen LogP contribution in [0.15, 0.2) is 53.5 Å². The molecule has 0 fully saturated rings. The molecule has 2 aromatic rings. The maximum Gasteiger partial charge on any atom is 0.193 e. The van der Waals surface area contributed by atoms with Crippen LogP contribution in [0.4, 0.5) is 0 Å². The predicted octanol–water partition coefficient (Wildman–Crippen LogP) is 2.96. The summed E-state index contributed by atoms with van der Waals surface area (Å²) in [5, 5.41) is 3.43. The average Bonchev–Trinajstić information content (AvgIpc) is 2.63. The van der Waals surface area contributed by atoms with Crippen molar-refractivity contribution in [3.8, 4) is 5.75 Å². The molecule has 0 saturated carbocycles. The smallest absolute Gasteiger partial charge is 0.193 e. The third kappa shape index (κ3) is 5.77. The Bertz CT molecular complexity index is 710. The highest BCUT2D eigenvalue weighted by molar-refractivity contribution is 5.79. The monoisotopic (exact) mass is 354 g/mol. The summed E-state index contributed by atoms with van der Waals surface area (Å²) < 4.78 is 5.44. The molecule has 0 radical (unpaired) electrons. The topological polar surface area (TPSA) is 40.1 Å². The molecule has 26 heavy (non-hydrogen) atoms. The lowest BCUT2D eigenvalue weighted by molar-refractivity contribution is 0.396. The molecule has 2 aromatic carbocycles. The third-order valence-corrected chi connectivity index (χ3v) is 4.15. The number of ether oxygens (including phenoxy) is 1. The van der Waals surface area contributed by atoms with Crippen LogP contribution in [0.3, 0.4) is 0 Å². The van der Waals surface area contributed by atoms with Crippen molar-refractivity contribution in [2.75, 3.05) is 35.3 Å². The minimum absolute atomic E-state index is 0.728. The van der Waals surface area contributed by atoms with E-state index in [0.29, 0.717) is 0 Å². The number of guanidine groups is 1. The van der Waals surface area contributed by atoms with Gasteiger partial charge in [0.15, 0.2) is 5.96 Å². The van der Waals surface area contributed by atoms with Gasteiger partial charge in [0.25, 0.3) is 0 Å². The van der Waals surface area contributed by atoms with Gasteiger partial charge in [-0.05, 0) is 31.3 Å². The van der Waals surface area contributed by atoms with Crippen LogP contribution in [0.1, 0.15) is 16.7 Å². The zero-order valence-corrected chi connectivity index (χ0v) is 16.5. The van der Waals surface area contributed by atoms with Crippen molar-refractivity contribution >= 4 is 5.96 Å². The van der Waals surface area contributed by atoms with Gasteiger partial charge in [0, 0.05) is 39.3 Å². The number of rotatable bonds is 7. The van der Waals surface area contributed by atoms with Gasteiger partial charge < -0.3 is 19.9 Å². The zero-order chi connectivity index (χ0) is 18.9. The van der Waals surface area contributed by atoms with E-state index in [1.165, 1.54) is 11.1 Å². The number of nitrogens with one attached hydrogen (secondary N) is 1. The molecular formula is C21H30N4O. The molecule has 0 heterocycles. The first-order valence-corrected chi connectivity index (χ1v) is 8.79. The molecule has 0 bridgehead atoms. The van der Waals surface area contributed by atoms with Gasteiger partial charge in [0.2, 0.25) is 0 Å². The molecule has 0 aliphatic rings. The Labute approximate surface area is 157 Å². The Balaban J connectivity index is 1.94. The van der Waals surface area contributed by atoms with Crippen LogP contribution in [0, 0.1) is 0 Å². The van der Waals surface area contributed by atoms with E-state index >= 15 is 0 Å². The minimum Gasteiger partial charge on any atom is -0.496 e. The predicted molar refractivity (Wildman–Crippen MR) is 108 cm³/mol. The second-order valence-corrected chi connectivity index (χ2v) is 6.62. The Morgan fingerprint density at radius 3 is 2.23 bits per heavy atom. The first kappa shape index (κ1) is 19.8. The van der Waals surface area contributed by atoms with E-state index in [1.807, 2.05) is 25.2 Å². The highest BCUT2D eigenvalue weighted by Gasteiger charge is 2.09. The van der Waals surface area contributed by atoms with Crippen LogP contribution < -0.4 is 10.1 Å². The SMILES string of the molecule is CN=C(NCc1ccc(CN(C)C)cc1)N(C)Cc1ccccc1OC. The third-order valence-electron chi connectivity index (χ3n) is 4.15. The van der Waals surface area contributed by atoms with E-state index in [-0.39, 0.29) is 0 Å². The second-order valence-electron chi connectivity index (χ2n) is 6.62. The quantitative estimate of drug-likeness (QED) is 0.613. The van der Waals surface area contributed by atoms with Crippen LogP contribution in [-0.4, -0.2) is 51.1 Å².